The Balaban J connectivity index is 2.87. The summed E-state index contributed by atoms with van der Waals surface area (Å²) in [6.07, 6.45) is 0.421. The number of anilines is 2. The van der Waals surface area contributed by atoms with Crippen LogP contribution in [0.3, 0.4) is 0 Å². The zero-order valence-corrected chi connectivity index (χ0v) is 8.70. The van der Waals surface area contributed by atoms with E-state index in [-0.39, 0.29) is 5.82 Å². The van der Waals surface area contributed by atoms with Gasteiger partial charge in [0, 0.05) is 24.5 Å². The second kappa shape index (κ2) is 5.20. The molecular weight excluding hydrogens is 193 g/mol. The summed E-state index contributed by atoms with van der Waals surface area (Å²) in [7, 11) is 0. The van der Waals surface area contributed by atoms with Gasteiger partial charge in [-0.1, -0.05) is 0 Å². The molecule has 0 heterocycles. The van der Waals surface area contributed by atoms with Crippen LogP contribution >= 0.6 is 0 Å². The van der Waals surface area contributed by atoms with E-state index >= 15 is 0 Å². The molecule has 1 aromatic rings. The standard InChI is InChI=1S/C11H14FN3/c1-2-15(5-3-4-13)11-7-9(12)6-10(14)8-11/h6-8H,2-3,5,14H2,1H3. The maximum absolute atomic E-state index is 13.1. The molecule has 0 amide bonds. The zero-order chi connectivity index (χ0) is 11.3. The van der Waals surface area contributed by atoms with Crippen molar-refractivity contribution in [2.75, 3.05) is 23.7 Å². The van der Waals surface area contributed by atoms with E-state index in [0.717, 1.165) is 12.2 Å². The number of halogens is 1. The van der Waals surface area contributed by atoms with E-state index in [1.165, 1.54) is 12.1 Å². The molecule has 0 bridgehead atoms. The number of rotatable bonds is 4. The summed E-state index contributed by atoms with van der Waals surface area (Å²) in [6, 6.07) is 6.48. The first kappa shape index (κ1) is 11.3. The van der Waals surface area contributed by atoms with Gasteiger partial charge in [0.1, 0.15) is 5.82 Å². The van der Waals surface area contributed by atoms with Crippen LogP contribution < -0.4 is 10.6 Å². The molecule has 0 aliphatic rings. The van der Waals surface area contributed by atoms with Gasteiger partial charge in [0.2, 0.25) is 0 Å². The van der Waals surface area contributed by atoms with Crippen molar-refractivity contribution in [1.29, 1.82) is 5.26 Å². The van der Waals surface area contributed by atoms with E-state index in [1.807, 2.05) is 11.8 Å². The van der Waals surface area contributed by atoms with E-state index in [4.69, 9.17) is 11.0 Å². The van der Waals surface area contributed by atoms with Crippen LogP contribution in [0.2, 0.25) is 0 Å². The molecule has 0 aromatic heterocycles. The van der Waals surface area contributed by atoms with Gasteiger partial charge in [-0.3, -0.25) is 0 Å². The SMILES string of the molecule is CCN(CCC#N)c1cc(N)cc(F)c1. The summed E-state index contributed by atoms with van der Waals surface area (Å²) in [5, 5.41) is 8.49. The number of hydrogen-bond donors (Lipinski definition) is 1. The molecule has 0 spiro atoms. The normalized spacial score (nSPS) is 9.67. The number of benzene rings is 1. The first-order chi connectivity index (χ1) is 7.17. The van der Waals surface area contributed by atoms with E-state index in [2.05, 4.69) is 6.07 Å². The Bertz CT molecular complexity index is 350. The highest BCUT2D eigenvalue weighted by molar-refractivity contribution is 5.56. The van der Waals surface area contributed by atoms with E-state index in [1.54, 1.807) is 6.07 Å². The lowest BCUT2D eigenvalue weighted by Crippen LogP contribution is -2.23. The number of hydrogen-bond acceptors (Lipinski definition) is 3. The Morgan fingerprint density at radius 3 is 2.73 bits per heavy atom. The average molecular weight is 207 g/mol. The summed E-state index contributed by atoms with van der Waals surface area (Å²) in [5.41, 5.74) is 6.68. The largest absolute Gasteiger partial charge is 0.399 e. The molecule has 0 saturated carbocycles. The molecule has 0 radical (unpaired) electrons. The Hall–Kier alpha value is -1.76. The average Bonchev–Trinajstić information content (AvgIpc) is 2.17. The van der Waals surface area contributed by atoms with E-state index < -0.39 is 0 Å². The molecule has 3 nitrogen and oxygen atoms in total. The van der Waals surface area contributed by atoms with Crippen LogP contribution in [-0.2, 0) is 0 Å². The predicted octanol–water partition coefficient (Wildman–Crippen LogP) is 2.15. The van der Waals surface area contributed by atoms with Crippen LogP contribution in [0.5, 0.6) is 0 Å². The number of nitrogen functional groups attached to an aromatic ring is 1. The molecule has 1 aromatic carbocycles. The van der Waals surface area contributed by atoms with Gasteiger partial charge in [-0.15, -0.1) is 0 Å². The second-order valence-corrected chi connectivity index (χ2v) is 3.23. The van der Waals surface area contributed by atoms with E-state index in [9.17, 15) is 4.39 Å². The molecule has 0 atom stereocenters. The third-order valence-corrected chi connectivity index (χ3v) is 2.15. The first-order valence-electron chi connectivity index (χ1n) is 4.85. The summed E-state index contributed by atoms with van der Waals surface area (Å²) >= 11 is 0. The molecule has 15 heavy (non-hydrogen) atoms. The van der Waals surface area contributed by atoms with Crippen LogP contribution in [0.15, 0.2) is 18.2 Å². The third-order valence-electron chi connectivity index (χ3n) is 2.15. The van der Waals surface area contributed by atoms with Gasteiger partial charge < -0.3 is 10.6 Å². The Morgan fingerprint density at radius 1 is 1.47 bits per heavy atom. The molecule has 0 aliphatic heterocycles. The minimum atomic E-state index is -0.347. The zero-order valence-electron chi connectivity index (χ0n) is 8.70. The maximum Gasteiger partial charge on any atom is 0.127 e. The summed E-state index contributed by atoms with van der Waals surface area (Å²) in [6.45, 7) is 3.28. The third kappa shape index (κ3) is 3.13. The van der Waals surface area contributed by atoms with Crippen molar-refractivity contribution in [3.8, 4) is 6.07 Å². The van der Waals surface area contributed by atoms with Crippen LogP contribution in [0.1, 0.15) is 13.3 Å². The molecule has 4 heteroatoms. The Kier molecular flexibility index (Phi) is 3.92. The highest BCUT2D eigenvalue weighted by Crippen LogP contribution is 2.19. The Morgan fingerprint density at radius 2 is 2.20 bits per heavy atom. The van der Waals surface area contributed by atoms with Crippen LogP contribution in [-0.4, -0.2) is 13.1 Å². The van der Waals surface area contributed by atoms with Crippen molar-refractivity contribution < 1.29 is 4.39 Å². The van der Waals surface area contributed by atoms with Crippen LogP contribution in [0.25, 0.3) is 0 Å². The van der Waals surface area contributed by atoms with Crippen molar-refractivity contribution in [3.05, 3.63) is 24.0 Å². The van der Waals surface area contributed by atoms with Gasteiger partial charge in [0.25, 0.3) is 0 Å². The van der Waals surface area contributed by atoms with Crippen molar-refractivity contribution in [3.63, 3.8) is 0 Å². The van der Waals surface area contributed by atoms with Crippen LogP contribution in [0.4, 0.5) is 15.8 Å². The fourth-order valence-corrected chi connectivity index (χ4v) is 1.43. The highest BCUT2D eigenvalue weighted by Gasteiger charge is 2.06. The van der Waals surface area contributed by atoms with Crippen LogP contribution in [0, 0.1) is 17.1 Å². The lowest BCUT2D eigenvalue weighted by Gasteiger charge is -2.22. The monoisotopic (exact) mass is 207 g/mol. The van der Waals surface area contributed by atoms with Crippen molar-refractivity contribution in [2.45, 2.75) is 13.3 Å². The number of nitriles is 1. The molecule has 80 valence electrons. The van der Waals surface area contributed by atoms with Crippen molar-refractivity contribution >= 4 is 11.4 Å². The van der Waals surface area contributed by atoms with Crippen molar-refractivity contribution in [2.24, 2.45) is 0 Å². The lowest BCUT2D eigenvalue weighted by atomic mass is 10.2. The molecule has 2 N–H and O–H groups in total. The highest BCUT2D eigenvalue weighted by atomic mass is 19.1. The van der Waals surface area contributed by atoms with Gasteiger partial charge in [-0.2, -0.15) is 5.26 Å². The topological polar surface area (TPSA) is 53.0 Å². The van der Waals surface area contributed by atoms with Gasteiger partial charge in [0.15, 0.2) is 0 Å². The first-order valence-corrected chi connectivity index (χ1v) is 4.85. The van der Waals surface area contributed by atoms with Crippen molar-refractivity contribution in [1.82, 2.24) is 0 Å². The summed E-state index contributed by atoms with van der Waals surface area (Å²) in [5.74, 6) is -0.347. The minimum Gasteiger partial charge on any atom is -0.399 e. The van der Waals surface area contributed by atoms with Gasteiger partial charge in [0.05, 0.1) is 12.5 Å². The van der Waals surface area contributed by atoms with Gasteiger partial charge >= 0.3 is 0 Å². The van der Waals surface area contributed by atoms with Gasteiger partial charge in [-0.25, -0.2) is 4.39 Å². The molecule has 0 saturated heterocycles. The minimum absolute atomic E-state index is 0.347. The number of nitrogens with two attached hydrogens (primary N) is 1. The number of nitrogens with zero attached hydrogens (tertiary/aromatic N) is 2. The van der Waals surface area contributed by atoms with Gasteiger partial charge in [-0.05, 0) is 25.1 Å². The fourth-order valence-electron chi connectivity index (χ4n) is 1.43. The Labute approximate surface area is 88.9 Å². The molecule has 0 aliphatic carbocycles. The quantitative estimate of drug-likeness (QED) is 0.769. The lowest BCUT2D eigenvalue weighted by molar-refractivity contribution is 0.627. The summed E-state index contributed by atoms with van der Waals surface area (Å²) < 4.78 is 13.1. The second-order valence-electron chi connectivity index (χ2n) is 3.23. The smallest absolute Gasteiger partial charge is 0.127 e. The summed E-state index contributed by atoms with van der Waals surface area (Å²) in [4.78, 5) is 1.92. The molecule has 0 unspecified atom stereocenters. The van der Waals surface area contributed by atoms with E-state index in [0.29, 0.717) is 18.7 Å². The fraction of sp³-hybridized carbons (Fsp3) is 0.364. The molecular formula is C11H14FN3. The molecule has 1 rings (SSSR count). The maximum atomic E-state index is 13.1. The predicted molar refractivity (Wildman–Crippen MR) is 58.9 cm³/mol. The molecule has 0 fully saturated rings.